The van der Waals surface area contributed by atoms with Gasteiger partial charge in [0.05, 0.1) is 11.2 Å². The molecule has 0 aromatic carbocycles. The lowest BCUT2D eigenvalue weighted by Crippen LogP contribution is -2.45. The second-order valence-corrected chi connectivity index (χ2v) is 9.66. The molecule has 1 saturated heterocycles. The van der Waals surface area contributed by atoms with Crippen LogP contribution in [0.25, 0.3) is 0 Å². The van der Waals surface area contributed by atoms with Crippen molar-refractivity contribution in [3.63, 3.8) is 0 Å². The minimum Gasteiger partial charge on any atom is -0.481 e. The molecular formula is C20H34BNO6. The number of carboxylic acid groups (broad SMARTS) is 1. The summed E-state index contributed by atoms with van der Waals surface area (Å²) >= 11 is 0. The van der Waals surface area contributed by atoms with E-state index in [9.17, 15) is 9.59 Å². The van der Waals surface area contributed by atoms with Gasteiger partial charge in [-0.3, -0.25) is 4.79 Å². The number of amides is 1. The number of aliphatic carboxylic acids is 1. The van der Waals surface area contributed by atoms with E-state index in [-0.39, 0.29) is 18.4 Å². The summed E-state index contributed by atoms with van der Waals surface area (Å²) in [6, 6.07) is 0. The van der Waals surface area contributed by atoms with Crippen molar-refractivity contribution in [1.82, 2.24) is 4.90 Å². The molecule has 2 heterocycles. The molecule has 0 aromatic rings. The predicted molar refractivity (Wildman–Crippen MR) is 107 cm³/mol. The quantitative estimate of drug-likeness (QED) is 0.715. The number of hydrogen-bond donors (Lipinski definition) is 1. The second kappa shape index (κ2) is 8.07. The van der Waals surface area contributed by atoms with Gasteiger partial charge >= 0.3 is 19.2 Å². The Hall–Kier alpha value is -1.54. The third kappa shape index (κ3) is 5.51. The van der Waals surface area contributed by atoms with Crippen LogP contribution in [0.1, 0.15) is 67.7 Å². The Kier molecular flexibility index (Phi) is 6.56. The molecule has 0 bridgehead atoms. The number of ether oxygens (including phenoxy) is 1. The predicted octanol–water partition coefficient (Wildman–Crippen LogP) is 3.67. The fraction of sp³-hybridized carbons (Fsp3) is 0.800. The topological polar surface area (TPSA) is 85.3 Å². The highest BCUT2D eigenvalue weighted by Crippen LogP contribution is 2.41. The zero-order valence-corrected chi connectivity index (χ0v) is 18.2. The van der Waals surface area contributed by atoms with Crippen molar-refractivity contribution in [2.45, 2.75) is 84.5 Å². The van der Waals surface area contributed by atoms with Crippen LogP contribution in [0.15, 0.2) is 11.5 Å². The normalized spacial score (nSPS) is 24.1. The first-order valence-electron chi connectivity index (χ1n) is 9.97. The highest BCUT2D eigenvalue weighted by molar-refractivity contribution is 6.54. The lowest BCUT2D eigenvalue weighted by molar-refractivity contribution is -0.137. The van der Waals surface area contributed by atoms with E-state index in [0.29, 0.717) is 25.9 Å². The number of carbonyl (C=O) groups excluding carboxylic acids is 1. The third-order valence-corrected chi connectivity index (χ3v) is 5.58. The van der Waals surface area contributed by atoms with Crippen molar-refractivity contribution in [3.05, 3.63) is 11.5 Å². The molecule has 0 radical (unpaired) electrons. The van der Waals surface area contributed by atoms with Crippen molar-refractivity contribution in [3.8, 4) is 0 Å². The fourth-order valence-corrected chi connectivity index (χ4v) is 3.33. The largest absolute Gasteiger partial charge is 0.490 e. The summed E-state index contributed by atoms with van der Waals surface area (Å²) in [6.45, 7) is 14.4. The molecule has 158 valence electrons. The van der Waals surface area contributed by atoms with E-state index < -0.39 is 29.9 Å². The van der Waals surface area contributed by atoms with Crippen molar-refractivity contribution in [1.29, 1.82) is 0 Å². The van der Waals surface area contributed by atoms with Gasteiger partial charge in [-0.1, -0.05) is 6.08 Å². The summed E-state index contributed by atoms with van der Waals surface area (Å²) in [7, 11) is -0.486. The Balaban J connectivity index is 2.17. The molecule has 8 heteroatoms. The molecule has 1 atom stereocenters. The molecule has 2 aliphatic heterocycles. The number of nitrogens with zero attached hydrogens (tertiary/aromatic N) is 1. The van der Waals surface area contributed by atoms with Gasteiger partial charge < -0.3 is 24.1 Å². The lowest BCUT2D eigenvalue weighted by atomic mass is 9.68. The van der Waals surface area contributed by atoms with E-state index in [0.717, 1.165) is 5.47 Å². The number of carbonyl (C=O) groups is 2. The summed E-state index contributed by atoms with van der Waals surface area (Å²) in [5.74, 6) is -0.851. The molecule has 7 nitrogen and oxygen atoms in total. The smallest absolute Gasteiger partial charge is 0.481 e. The summed E-state index contributed by atoms with van der Waals surface area (Å²) < 4.78 is 17.9. The van der Waals surface area contributed by atoms with Crippen LogP contribution in [-0.2, 0) is 18.8 Å². The Morgan fingerprint density at radius 3 is 2.32 bits per heavy atom. The molecular weight excluding hydrogens is 361 g/mol. The SMILES string of the molecule is CC(C)(C)OC(=O)N1CC=C(B2OC(C)(C)C(C)(C)O2)C(CCCC(=O)O)C1. The highest BCUT2D eigenvalue weighted by Gasteiger charge is 2.53. The minimum absolute atomic E-state index is 0.0321. The van der Waals surface area contributed by atoms with Crippen molar-refractivity contribution in [2.75, 3.05) is 13.1 Å². The van der Waals surface area contributed by atoms with E-state index >= 15 is 0 Å². The molecule has 1 N–H and O–H groups in total. The van der Waals surface area contributed by atoms with Gasteiger partial charge in [-0.25, -0.2) is 4.79 Å². The molecule has 2 aliphatic rings. The molecule has 1 amide bonds. The van der Waals surface area contributed by atoms with Crippen LogP contribution in [0.2, 0.25) is 0 Å². The van der Waals surface area contributed by atoms with Gasteiger partial charge in [0.1, 0.15) is 5.60 Å². The number of carboxylic acids is 1. The maximum atomic E-state index is 12.5. The zero-order chi connectivity index (χ0) is 21.3. The van der Waals surface area contributed by atoms with E-state index in [1.165, 1.54) is 0 Å². The lowest BCUT2D eigenvalue weighted by Gasteiger charge is -2.35. The van der Waals surface area contributed by atoms with Crippen LogP contribution >= 0.6 is 0 Å². The first kappa shape index (κ1) is 22.8. The maximum absolute atomic E-state index is 12.5. The number of rotatable bonds is 5. The first-order chi connectivity index (χ1) is 12.7. The molecule has 0 saturated carbocycles. The monoisotopic (exact) mass is 395 g/mol. The van der Waals surface area contributed by atoms with Gasteiger partial charge in [0.15, 0.2) is 0 Å². The van der Waals surface area contributed by atoms with Gasteiger partial charge in [0, 0.05) is 19.5 Å². The fourth-order valence-electron chi connectivity index (χ4n) is 3.33. The minimum atomic E-state index is -0.819. The molecule has 0 aromatic heterocycles. The van der Waals surface area contributed by atoms with E-state index in [2.05, 4.69) is 0 Å². The second-order valence-electron chi connectivity index (χ2n) is 9.66. The Morgan fingerprint density at radius 1 is 1.25 bits per heavy atom. The van der Waals surface area contributed by atoms with E-state index in [1.54, 1.807) is 4.90 Å². The first-order valence-corrected chi connectivity index (χ1v) is 9.97. The molecule has 2 rings (SSSR count). The third-order valence-electron chi connectivity index (χ3n) is 5.58. The molecule has 0 aliphatic carbocycles. The summed E-state index contributed by atoms with van der Waals surface area (Å²) in [4.78, 5) is 25.1. The summed E-state index contributed by atoms with van der Waals surface area (Å²) in [6.07, 6.45) is 2.88. The van der Waals surface area contributed by atoms with Crippen molar-refractivity contribution in [2.24, 2.45) is 5.92 Å². The maximum Gasteiger partial charge on any atom is 0.490 e. The standard InChI is InChI=1S/C20H34BNO6/c1-18(2,3)26-17(25)22-12-11-15(14(13-22)9-8-10-16(23)24)21-27-19(4,5)20(6,7)28-21/h11,14H,8-10,12-13H2,1-7H3,(H,23,24). The molecule has 1 fully saturated rings. The number of hydrogen-bond acceptors (Lipinski definition) is 5. The summed E-state index contributed by atoms with van der Waals surface area (Å²) in [5, 5.41) is 8.98. The van der Waals surface area contributed by atoms with Gasteiger partial charge in [-0.05, 0) is 72.7 Å². The average Bonchev–Trinajstić information content (AvgIpc) is 2.73. The van der Waals surface area contributed by atoms with E-state index in [4.69, 9.17) is 19.2 Å². The van der Waals surface area contributed by atoms with Crippen LogP contribution in [0.3, 0.4) is 0 Å². The van der Waals surface area contributed by atoms with Crippen LogP contribution in [0, 0.1) is 5.92 Å². The van der Waals surface area contributed by atoms with Crippen LogP contribution in [-0.4, -0.2) is 59.1 Å². The van der Waals surface area contributed by atoms with Crippen molar-refractivity contribution >= 4 is 19.2 Å². The van der Waals surface area contributed by atoms with Gasteiger partial charge in [-0.15, -0.1) is 0 Å². The molecule has 28 heavy (non-hydrogen) atoms. The van der Waals surface area contributed by atoms with Crippen LogP contribution < -0.4 is 0 Å². The van der Waals surface area contributed by atoms with Crippen LogP contribution in [0.4, 0.5) is 4.79 Å². The highest BCUT2D eigenvalue weighted by atomic mass is 16.7. The Labute approximate surface area is 168 Å². The molecule has 0 spiro atoms. The Bertz CT molecular complexity index is 621. The van der Waals surface area contributed by atoms with Crippen LogP contribution in [0.5, 0.6) is 0 Å². The van der Waals surface area contributed by atoms with Crippen molar-refractivity contribution < 1.29 is 28.7 Å². The zero-order valence-electron chi connectivity index (χ0n) is 18.2. The average molecular weight is 395 g/mol. The Morgan fingerprint density at radius 2 is 1.82 bits per heavy atom. The van der Waals surface area contributed by atoms with Gasteiger partial charge in [0.2, 0.25) is 0 Å². The van der Waals surface area contributed by atoms with Gasteiger partial charge in [-0.2, -0.15) is 0 Å². The van der Waals surface area contributed by atoms with Gasteiger partial charge in [0.25, 0.3) is 0 Å². The van der Waals surface area contributed by atoms with E-state index in [1.807, 2.05) is 54.5 Å². The molecule has 1 unspecified atom stereocenters. The summed E-state index contributed by atoms with van der Waals surface area (Å²) in [5.41, 5.74) is -0.478.